The quantitative estimate of drug-likeness (QED) is 0.713. The number of hydrogen-bond acceptors (Lipinski definition) is 3. The zero-order chi connectivity index (χ0) is 12.9. The molecule has 94 valence electrons. The van der Waals surface area contributed by atoms with Gasteiger partial charge in [0.2, 0.25) is 5.91 Å². The molecule has 1 aromatic carbocycles. The lowest BCUT2D eigenvalue weighted by Crippen LogP contribution is -2.47. The summed E-state index contributed by atoms with van der Waals surface area (Å²) in [7, 11) is 0. The smallest absolute Gasteiger partial charge is 0.241 e. The molecule has 0 saturated carbocycles. The van der Waals surface area contributed by atoms with Crippen molar-refractivity contribution in [3.8, 4) is 0 Å². The van der Waals surface area contributed by atoms with Crippen LogP contribution in [0.4, 0.5) is 0 Å². The van der Waals surface area contributed by atoms with Crippen molar-refractivity contribution < 1.29 is 9.90 Å². The van der Waals surface area contributed by atoms with Crippen molar-refractivity contribution in [2.24, 2.45) is 5.73 Å². The number of nitrogens with one attached hydrogen (secondary N) is 1. The van der Waals surface area contributed by atoms with E-state index in [0.717, 1.165) is 5.56 Å². The van der Waals surface area contributed by atoms with Gasteiger partial charge < -0.3 is 16.2 Å². The summed E-state index contributed by atoms with van der Waals surface area (Å²) in [6.07, 6.45) is 0.500. The molecule has 0 aliphatic rings. The van der Waals surface area contributed by atoms with Crippen LogP contribution in [0.25, 0.3) is 0 Å². The van der Waals surface area contributed by atoms with Crippen molar-refractivity contribution >= 4 is 5.91 Å². The summed E-state index contributed by atoms with van der Waals surface area (Å²) in [5, 5.41) is 11.7. The number of benzene rings is 1. The Hall–Kier alpha value is -1.39. The van der Waals surface area contributed by atoms with Crippen LogP contribution in [-0.4, -0.2) is 23.2 Å². The molecule has 1 rings (SSSR count). The first-order valence-corrected chi connectivity index (χ1v) is 5.70. The molecule has 0 fully saturated rings. The fourth-order valence-corrected chi connectivity index (χ4v) is 1.57. The summed E-state index contributed by atoms with van der Waals surface area (Å²) in [5.74, 6) is -0.227. The minimum Gasteiger partial charge on any atom is -0.396 e. The summed E-state index contributed by atoms with van der Waals surface area (Å²) in [5.41, 5.74) is 6.20. The summed E-state index contributed by atoms with van der Waals surface area (Å²) in [6, 6.07) is 8.55. The molecular weight excluding hydrogens is 216 g/mol. The van der Waals surface area contributed by atoms with Crippen LogP contribution in [0.1, 0.15) is 31.9 Å². The third-order valence-electron chi connectivity index (χ3n) is 2.64. The topological polar surface area (TPSA) is 75.3 Å². The largest absolute Gasteiger partial charge is 0.396 e. The molecule has 1 amide bonds. The number of carbonyl (C=O) groups excluding carboxylic acids is 1. The fourth-order valence-electron chi connectivity index (χ4n) is 1.57. The lowest BCUT2D eigenvalue weighted by molar-refractivity contribution is -0.124. The van der Waals surface area contributed by atoms with E-state index in [1.165, 1.54) is 0 Å². The number of hydrogen-bond donors (Lipinski definition) is 3. The zero-order valence-corrected chi connectivity index (χ0v) is 10.3. The highest BCUT2D eigenvalue weighted by atomic mass is 16.3. The second kappa shape index (κ2) is 5.80. The molecule has 0 bridgehead atoms. The molecule has 4 N–H and O–H groups in total. The van der Waals surface area contributed by atoms with Gasteiger partial charge in [0.05, 0.1) is 0 Å². The third kappa shape index (κ3) is 4.17. The normalized spacial score (nSPS) is 13.2. The summed E-state index contributed by atoms with van der Waals surface area (Å²) in [6.45, 7) is 3.76. The van der Waals surface area contributed by atoms with Gasteiger partial charge in [0.25, 0.3) is 0 Å². The average molecular weight is 236 g/mol. The molecule has 0 aliphatic heterocycles. The maximum Gasteiger partial charge on any atom is 0.241 e. The van der Waals surface area contributed by atoms with Gasteiger partial charge in [-0.05, 0) is 25.8 Å². The fraction of sp³-hybridized carbons (Fsp3) is 0.462. The molecular formula is C13H20N2O2. The molecule has 17 heavy (non-hydrogen) atoms. The van der Waals surface area contributed by atoms with Crippen molar-refractivity contribution in [2.45, 2.75) is 31.8 Å². The van der Waals surface area contributed by atoms with E-state index in [9.17, 15) is 4.79 Å². The number of nitrogens with two attached hydrogens (primary N) is 1. The van der Waals surface area contributed by atoms with Crippen molar-refractivity contribution in [3.63, 3.8) is 0 Å². The van der Waals surface area contributed by atoms with Gasteiger partial charge in [-0.25, -0.2) is 0 Å². The van der Waals surface area contributed by atoms with Gasteiger partial charge in [-0.1, -0.05) is 30.3 Å². The van der Waals surface area contributed by atoms with Gasteiger partial charge in [-0.2, -0.15) is 0 Å². The standard InChI is InChI=1S/C13H20N2O2/c1-13(2,8-9-16)15-12(17)11(14)10-6-4-3-5-7-10/h3-7,11,16H,8-9,14H2,1-2H3,(H,15,17). The van der Waals surface area contributed by atoms with E-state index in [0.29, 0.717) is 6.42 Å². The molecule has 4 nitrogen and oxygen atoms in total. The van der Waals surface area contributed by atoms with Gasteiger partial charge in [-0.3, -0.25) is 4.79 Å². The van der Waals surface area contributed by atoms with Crippen molar-refractivity contribution in [2.75, 3.05) is 6.61 Å². The highest BCUT2D eigenvalue weighted by Crippen LogP contribution is 2.13. The lowest BCUT2D eigenvalue weighted by Gasteiger charge is -2.27. The molecule has 0 heterocycles. The number of aliphatic hydroxyl groups is 1. The van der Waals surface area contributed by atoms with Gasteiger partial charge in [0.1, 0.15) is 6.04 Å². The third-order valence-corrected chi connectivity index (χ3v) is 2.64. The van der Waals surface area contributed by atoms with Gasteiger partial charge in [-0.15, -0.1) is 0 Å². The maximum absolute atomic E-state index is 11.9. The summed E-state index contributed by atoms with van der Waals surface area (Å²) in [4.78, 5) is 11.9. The van der Waals surface area contributed by atoms with Crippen LogP contribution < -0.4 is 11.1 Å². The molecule has 4 heteroatoms. The second-order valence-corrected chi connectivity index (χ2v) is 4.74. The Labute approximate surface area is 102 Å². The van der Waals surface area contributed by atoms with E-state index < -0.39 is 11.6 Å². The Kier molecular flexibility index (Phi) is 4.66. The second-order valence-electron chi connectivity index (χ2n) is 4.74. The van der Waals surface area contributed by atoms with Crippen LogP contribution in [0.15, 0.2) is 30.3 Å². The molecule has 1 unspecified atom stereocenters. The summed E-state index contributed by atoms with van der Waals surface area (Å²) >= 11 is 0. The monoisotopic (exact) mass is 236 g/mol. The minimum atomic E-state index is -0.672. The van der Waals surface area contributed by atoms with E-state index in [1.807, 2.05) is 44.2 Å². The first kappa shape index (κ1) is 13.7. The molecule has 0 radical (unpaired) electrons. The minimum absolute atomic E-state index is 0.0356. The number of rotatable bonds is 5. The Morgan fingerprint density at radius 1 is 1.41 bits per heavy atom. The van der Waals surface area contributed by atoms with E-state index in [4.69, 9.17) is 10.8 Å². The lowest BCUT2D eigenvalue weighted by atomic mass is 9.99. The van der Waals surface area contributed by atoms with Crippen LogP contribution in [0.5, 0.6) is 0 Å². The number of aliphatic hydroxyl groups excluding tert-OH is 1. The van der Waals surface area contributed by atoms with Crippen molar-refractivity contribution in [3.05, 3.63) is 35.9 Å². The van der Waals surface area contributed by atoms with E-state index in [1.54, 1.807) is 0 Å². The highest BCUT2D eigenvalue weighted by Gasteiger charge is 2.23. The first-order valence-electron chi connectivity index (χ1n) is 5.70. The van der Waals surface area contributed by atoms with Crippen molar-refractivity contribution in [1.82, 2.24) is 5.32 Å². The predicted octanol–water partition coefficient (Wildman–Crippen LogP) is 0.964. The number of amides is 1. The van der Waals surface area contributed by atoms with E-state index >= 15 is 0 Å². The van der Waals surface area contributed by atoms with Gasteiger partial charge in [0, 0.05) is 12.1 Å². The molecule has 0 aromatic heterocycles. The average Bonchev–Trinajstić information content (AvgIpc) is 2.28. The van der Waals surface area contributed by atoms with Crippen molar-refractivity contribution in [1.29, 1.82) is 0 Å². The van der Waals surface area contributed by atoms with Crippen LogP contribution >= 0.6 is 0 Å². The SMILES string of the molecule is CC(C)(CCO)NC(=O)C(N)c1ccccc1. The maximum atomic E-state index is 11.9. The van der Waals surface area contributed by atoms with Crippen LogP contribution in [0.3, 0.4) is 0 Å². The Balaban J connectivity index is 2.65. The highest BCUT2D eigenvalue weighted by molar-refractivity contribution is 5.83. The predicted molar refractivity (Wildman–Crippen MR) is 67.3 cm³/mol. The molecule has 1 aromatic rings. The van der Waals surface area contributed by atoms with Crippen LogP contribution in [0, 0.1) is 0 Å². The molecule has 1 atom stereocenters. The van der Waals surface area contributed by atoms with E-state index in [-0.39, 0.29) is 12.5 Å². The van der Waals surface area contributed by atoms with Crippen LogP contribution in [0.2, 0.25) is 0 Å². The Morgan fingerprint density at radius 2 is 2.00 bits per heavy atom. The zero-order valence-electron chi connectivity index (χ0n) is 10.3. The van der Waals surface area contributed by atoms with Gasteiger partial charge >= 0.3 is 0 Å². The summed E-state index contributed by atoms with van der Waals surface area (Å²) < 4.78 is 0. The Morgan fingerprint density at radius 3 is 2.53 bits per heavy atom. The molecule has 0 aliphatic carbocycles. The van der Waals surface area contributed by atoms with Gasteiger partial charge in [0.15, 0.2) is 0 Å². The first-order chi connectivity index (χ1) is 7.96. The molecule has 0 spiro atoms. The van der Waals surface area contributed by atoms with E-state index in [2.05, 4.69) is 5.32 Å². The number of carbonyl (C=O) groups is 1. The molecule has 0 saturated heterocycles. The Bertz CT molecular complexity index is 363. The van der Waals surface area contributed by atoms with Crippen LogP contribution in [-0.2, 0) is 4.79 Å².